The first-order chi connectivity index (χ1) is 6.66. The fraction of sp³-hybridized carbons (Fsp3) is 0.111. The molecule has 0 saturated heterocycles. The van der Waals surface area contributed by atoms with Crippen molar-refractivity contribution >= 4 is 21.7 Å². The summed E-state index contributed by atoms with van der Waals surface area (Å²) in [7, 11) is 0. The molecule has 0 amide bonds. The lowest BCUT2D eigenvalue weighted by Gasteiger charge is -2.00. The van der Waals surface area contributed by atoms with Crippen molar-refractivity contribution in [2.24, 2.45) is 0 Å². The molecule has 2 aromatic rings. The average molecular weight is 254 g/mol. The molecule has 0 aliphatic rings. The Hall–Kier alpha value is -1.36. The van der Waals surface area contributed by atoms with Crippen LogP contribution in [0.25, 0.3) is 11.5 Å². The molecule has 2 rings (SSSR count). The maximum Gasteiger partial charge on any atom is 0.229 e. The lowest BCUT2D eigenvalue weighted by atomic mass is 10.2. The van der Waals surface area contributed by atoms with Gasteiger partial charge in [0, 0.05) is 10.7 Å². The summed E-state index contributed by atoms with van der Waals surface area (Å²) in [6, 6.07) is 1.83. The van der Waals surface area contributed by atoms with Crippen LogP contribution in [0.15, 0.2) is 27.3 Å². The van der Waals surface area contributed by atoms with E-state index in [1.165, 1.54) is 0 Å². The lowest BCUT2D eigenvalue weighted by molar-refractivity contribution is 0.542. The smallest absolute Gasteiger partial charge is 0.229 e. The summed E-state index contributed by atoms with van der Waals surface area (Å²) < 4.78 is 6.20. The summed E-state index contributed by atoms with van der Waals surface area (Å²) in [6.45, 7) is 1.83. The molecular weight excluding hydrogens is 246 g/mol. The topological polar surface area (TPSA) is 64.9 Å². The zero-order chi connectivity index (χ0) is 10.1. The Balaban J connectivity index is 2.55. The Morgan fingerprint density at radius 1 is 1.36 bits per heavy atom. The fourth-order valence-electron chi connectivity index (χ4n) is 1.10. The minimum absolute atomic E-state index is 0.412. The summed E-state index contributed by atoms with van der Waals surface area (Å²) >= 11 is 3.31. The van der Waals surface area contributed by atoms with Crippen LogP contribution in [-0.2, 0) is 0 Å². The molecular formula is C9H8BrN3O. The number of oxazole rings is 1. The second kappa shape index (κ2) is 3.42. The number of hydrogen-bond acceptors (Lipinski definition) is 4. The molecule has 0 aromatic carbocycles. The first kappa shape index (κ1) is 9.21. The SMILES string of the molecule is Cc1cnc(-c2cc(Br)cnc2N)o1. The molecule has 0 spiro atoms. The highest BCUT2D eigenvalue weighted by Crippen LogP contribution is 2.26. The maximum atomic E-state index is 5.70. The molecule has 0 aliphatic heterocycles. The summed E-state index contributed by atoms with van der Waals surface area (Å²) in [5.74, 6) is 1.66. The number of aromatic nitrogens is 2. The Morgan fingerprint density at radius 3 is 2.79 bits per heavy atom. The van der Waals surface area contributed by atoms with Gasteiger partial charge in [0.2, 0.25) is 5.89 Å². The highest BCUT2D eigenvalue weighted by Gasteiger charge is 2.09. The third kappa shape index (κ3) is 1.63. The van der Waals surface area contributed by atoms with Gasteiger partial charge in [-0.05, 0) is 28.9 Å². The summed E-state index contributed by atoms with van der Waals surface area (Å²) in [6.07, 6.45) is 3.28. The summed E-state index contributed by atoms with van der Waals surface area (Å²) in [4.78, 5) is 8.08. The molecule has 4 nitrogen and oxygen atoms in total. The molecule has 2 aromatic heterocycles. The van der Waals surface area contributed by atoms with Gasteiger partial charge in [-0.3, -0.25) is 0 Å². The molecule has 72 valence electrons. The number of nitrogens with zero attached hydrogens (tertiary/aromatic N) is 2. The molecule has 0 saturated carbocycles. The molecule has 0 unspecified atom stereocenters. The van der Waals surface area contributed by atoms with Gasteiger partial charge in [0.1, 0.15) is 11.6 Å². The predicted molar refractivity (Wildman–Crippen MR) is 56.6 cm³/mol. The maximum absolute atomic E-state index is 5.70. The van der Waals surface area contributed by atoms with Crippen molar-refractivity contribution in [1.82, 2.24) is 9.97 Å². The van der Waals surface area contributed by atoms with Crippen LogP contribution in [0.3, 0.4) is 0 Å². The lowest BCUT2D eigenvalue weighted by Crippen LogP contribution is -1.93. The van der Waals surface area contributed by atoms with Crippen LogP contribution in [0.4, 0.5) is 5.82 Å². The van der Waals surface area contributed by atoms with E-state index in [0.29, 0.717) is 17.3 Å². The van der Waals surface area contributed by atoms with E-state index in [0.717, 1.165) is 10.2 Å². The zero-order valence-electron chi connectivity index (χ0n) is 7.49. The first-order valence-electron chi connectivity index (χ1n) is 4.00. The van der Waals surface area contributed by atoms with Crippen LogP contribution >= 0.6 is 15.9 Å². The molecule has 0 bridgehead atoms. The number of nitrogen functional groups attached to an aromatic ring is 1. The third-order valence-corrected chi connectivity index (χ3v) is 2.17. The molecule has 0 aliphatic carbocycles. The normalized spacial score (nSPS) is 10.4. The minimum atomic E-state index is 0.412. The Morgan fingerprint density at radius 2 is 2.14 bits per heavy atom. The van der Waals surface area contributed by atoms with Crippen LogP contribution in [0.5, 0.6) is 0 Å². The van der Waals surface area contributed by atoms with Crippen molar-refractivity contribution in [3.63, 3.8) is 0 Å². The van der Waals surface area contributed by atoms with Crippen LogP contribution in [-0.4, -0.2) is 9.97 Å². The molecule has 2 heterocycles. The van der Waals surface area contributed by atoms with E-state index in [1.54, 1.807) is 12.4 Å². The van der Waals surface area contributed by atoms with Crippen LogP contribution < -0.4 is 5.73 Å². The number of halogens is 1. The minimum Gasteiger partial charge on any atom is -0.441 e. The van der Waals surface area contributed by atoms with Crippen molar-refractivity contribution in [3.8, 4) is 11.5 Å². The average Bonchev–Trinajstić information content (AvgIpc) is 2.56. The van der Waals surface area contributed by atoms with E-state index < -0.39 is 0 Å². The van der Waals surface area contributed by atoms with Gasteiger partial charge in [0.25, 0.3) is 0 Å². The van der Waals surface area contributed by atoms with E-state index in [2.05, 4.69) is 25.9 Å². The van der Waals surface area contributed by atoms with Gasteiger partial charge in [0.15, 0.2) is 0 Å². The monoisotopic (exact) mass is 253 g/mol. The molecule has 2 N–H and O–H groups in total. The second-order valence-corrected chi connectivity index (χ2v) is 3.78. The van der Waals surface area contributed by atoms with E-state index in [9.17, 15) is 0 Å². The van der Waals surface area contributed by atoms with Gasteiger partial charge < -0.3 is 10.2 Å². The highest BCUT2D eigenvalue weighted by molar-refractivity contribution is 9.10. The molecule has 14 heavy (non-hydrogen) atoms. The first-order valence-corrected chi connectivity index (χ1v) is 4.80. The van der Waals surface area contributed by atoms with Crippen molar-refractivity contribution in [1.29, 1.82) is 0 Å². The van der Waals surface area contributed by atoms with Crippen molar-refractivity contribution in [2.45, 2.75) is 6.92 Å². The zero-order valence-corrected chi connectivity index (χ0v) is 9.08. The number of rotatable bonds is 1. The van der Waals surface area contributed by atoms with Crippen LogP contribution in [0, 0.1) is 6.92 Å². The van der Waals surface area contributed by atoms with Gasteiger partial charge >= 0.3 is 0 Å². The molecule has 0 atom stereocenters. The van der Waals surface area contributed by atoms with Crippen molar-refractivity contribution in [2.75, 3.05) is 5.73 Å². The van der Waals surface area contributed by atoms with Gasteiger partial charge in [0.05, 0.1) is 11.8 Å². The van der Waals surface area contributed by atoms with E-state index >= 15 is 0 Å². The van der Waals surface area contributed by atoms with Crippen molar-refractivity contribution in [3.05, 3.63) is 28.7 Å². The largest absolute Gasteiger partial charge is 0.441 e. The highest BCUT2D eigenvalue weighted by atomic mass is 79.9. The van der Waals surface area contributed by atoms with Crippen LogP contribution in [0.2, 0.25) is 0 Å². The number of hydrogen-bond donors (Lipinski definition) is 1. The molecule has 0 fully saturated rings. The third-order valence-electron chi connectivity index (χ3n) is 1.74. The van der Waals surface area contributed by atoms with Crippen LogP contribution in [0.1, 0.15) is 5.76 Å². The Kier molecular flexibility index (Phi) is 2.25. The number of nitrogens with two attached hydrogens (primary N) is 1. The van der Waals surface area contributed by atoms with E-state index in [1.807, 2.05) is 13.0 Å². The van der Waals surface area contributed by atoms with Gasteiger partial charge in [-0.2, -0.15) is 0 Å². The van der Waals surface area contributed by atoms with Gasteiger partial charge in [-0.25, -0.2) is 9.97 Å². The van der Waals surface area contributed by atoms with E-state index in [-0.39, 0.29) is 0 Å². The second-order valence-electron chi connectivity index (χ2n) is 2.86. The number of anilines is 1. The molecule has 5 heteroatoms. The predicted octanol–water partition coefficient (Wildman–Crippen LogP) is 2.39. The summed E-state index contributed by atoms with van der Waals surface area (Å²) in [5, 5.41) is 0. The standard InChI is InChI=1S/C9H8BrN3O/c1-5-3-13-9(14-5)7-2-6(10)4-12-8(7)11/h2-4H,1H3,(H2,11,12). The quantitative estimate of drug-likeness (QED) is 0.848. The number of pyridine rings is 1. The van der Waals surface area contributed by atoms with Gasteiger partial charge in [-0.1, -0.05) is 0 Å². The Bertz CT molecular complexity index is 467. The summed E-state index contributed by atoms with van der Waals surface area (Å²) in [5.41, 5.74) is 6.40. The number of aryl methyl sites for hydroxylation is 1. The molecule has 0 radical (unpaired) electrons. The van der Waals surface area contributed by atoms with E-state index in [4.69, 9.17) is 10.2 Å². The Labute approximate surface area is 89.3 Å². The fourth-order valence-corrected chi connectivity index (χ4v) is 1.43. The van der Waals surface area contributed by atoms with Gasteiger partial charge in [-0.15, -0.1) is 0 Å². The van der Waals surface area contributed by atoms with Crippen molar-refractivity contribution < 1.29 is 4.42 Å².